The van der Waals surface area contributed by atoms with Gasteiger partial charge in [0.05, 0.1) is 6.54 Å². The lowest BCUT2D eigenvalue weighted by Crippen LogP contribution is -2.26. The van der Waals surface area contributed by atoms with Crippen molar-refractivity contribution < 1.29 is 14.7 Å². The lowest BCUT2D eigenvalue weighted by molar-refractivity contribution is -0.126. The van der Waals surface area contributed by atoms with Crippen LogP contribution >= 0.6 is 11.6 Å². The van der Waals surface area contributed by atoms with Crippen LogP contribution < -0.4 is 0 Å². The van der Waals surface area contributed by atoms with Crippen molar-refractivity contribution in [3.05, 3.63) is 64.7 Å². The molecule has 1 aliphatic rings. The van der Waals surface area contributed by atoms with Crippen molar-refractivity contribution >= 4 is 23.8 Å². The Morgan fingerprint density at radius 2 is 1.68 bits per heavy atom. The summed E-state index contributed by atoms with van der Waals surface area (Å²) in [6.45, 7) is 4.44. The number of aromatic hydroxyl groups is 1. The second kappa shape index (κ2) is 12.2. The van der Waals surface area contributed by atoms with Crippen molar-refractivity contribution in [1.29, 1.82) is 0 Å². The molecule has 5 nitrogen and oxygen atoms in total. The summed E-state index contributed by atoms with van der Waals surface area (Å²) in [5, 5.41) is 9.47. The summed E-state index contributed by atoms with van der Waals surface area (Å²) in [4.78, 5) is 24.7. The molecule has 1 amide bonds. The van der Waals surface area contributed by atoms with Crippen molar-refractivity contribution in [3.63, 3.8) is 0 Å². The smallest absolute Gasteiger partial charge is 0.238 e. The fourth-order valence-electron chi connectivity index (χ4n) is 2.62. The lowest BCUT2D eigenvalue weighted by Gasteiger charge is -2.24. The van der Waals surface area contributed by atoms with Crippen LogP contribution in [0.2, 0.25) is 5.02 Å². The van der Waals surface area contributed by atoms with Crippen LogP contribution in [0.5, 0.6) is 5.75 Å². The third-order valence-electron chi connectivity index (χ3n) is 4.17. The van der Waals surface area contributed by atoms with Gasteiger partial charge in [0.2, 0.25) is 5.91 Å². The number of hydrogen-bond donors (Lipinski definition) is 1. The second-order valence-electron chi connectivity index (χ2n) is 6.64. The number of rotatable bonds is 3. The molecule has 0 aromatic heterocycles. The molecule has 2 aromatic rings. The molecule has 1 unspecified atom stereocenters. The molecule has 0 radical (unpaired) electrons. The minimum absolute atomic E-state index is 0.0368. The maximum Gasteiger partial charge on any atom is 0.238 e. The summed E-state index contributed by atoms with van der Waals surface area (Å²) in [6, 6.07) is 14.7. The number of carbonyl (C=O) groups excluding carboxylic acids is 2. The van der Waals surface area contributed by atoms with Gasteiger partial charge >= 0.3 is 0 Å². The first-order valence-corrected chi connectivity index (χ1v) is 9.58. The van der Waals surface area contributed by atoms with Crippen molar-refractivity contribution in [2.24, 2.45) is 0 Å². The van der Waals surface area contributed by atoms with Gasteiger partial charge in [-0.05, 0) is 50.2 Å². The zero-order valence-electron chi connectivity index (χ0n) is 16.9. The van der Waals surface area contributed by atoms with E-state index in [4.69, 9.17) is 16.7 Å². The summed E-state index contributed by atoms with van der Waals surface area (Å²) in [5.74, 6) is 0.480. The highest BCUT2D eigenvalue weighted by Crippen LogP contribution is 2.28. The Hall–Kier alpha value is -2.37. The fraction of sp³-hybridized carbons (Fsp3) is 0.364. The monoisotopic (exact) mass is 404 g/mol. The molecule has 2 aromatic carbocycles. The molecule has 1 saturated heterocycles. The van der Waals surface area contributed by atoms with Gasteiger partial charge in [0.25, 0.3) is 0 Å². The minimum atomic E-state index is 0.0368. The number of hydrogen-bond acceptors (Lipinski definition) is 4. The number of aryl methyl sites for hydroxylation is 1. The van der Waals surface area contributed by atoms with E-state index in [0.717, 1.165) is 18.3 Å². The van der Waals surface area contributed by atoms with Crippen LogP contribution in [0.25, 0.3) is 0 Å². The van der Waals surface area contributed by atoms with Crippen LogP contribution in [-0.4, -0.2) is 47.7 Å². The van der Waals surface area contributed by atoms with Crippen LogP contribution in [0, 0.1) is 6.92 Å². The second-order valence-corrected chi connectivity index (χ2v) is 7.07. The van der Waals surface area contributed by atoms with Gasteiger partial charge in [0, 0.05) is 18.5 Å². The number of aldehydes is 1. The van der Waals surface area contributed by atoms with E-state index in [-0.39, 0.29) is 12.1 Å². The number of halogens is 1. The van der Waals surface area contributed by atoms with Gasteiger partial charge in [0.15, 0.2) is 0 Å². The molecule has 1 fully saturated rings. The van der Waals surface area contributed by atoms with Crippen LogP contribution in [0.4, 0.5) is 0 Å². The molecule has 1 heterocycles. The quantitative estimate of drug-likeness (QED) is 0.769. The van der Waals surface area contributed by atoms with Gasteiger partial charge < -0.3 is 14.8 Å². The van der Waals surface area contributed by atoms with E-state index in [0.29, 0.717) is 23.7 Å². The number of likely N-dealkylation sites (N-methyl/N-ethyl adjacent to an activating group) is 2. The number of unbranched alkanes of at least 4 members (excludes halogenated alkanes) is 1. The first-order chi connectivity index (χ1) is 13.3. The highest BCUT2D eigenvalue weighted by Gasteiger charge is 2.33. The predicted molar refractivity (Wildman–Crippen MR) is 113 cm³/mol. The van der Waals surface area contributed by atoms with Crippen LogP contribution in [-0.2, 0) is 9.59 Å². The maximum atomic E-state index is 11.5. The van der Waals surface area contributed by atoms with Gasteiger partial charge in [-0.2, -0.15) is 0 Å². The first-order valence-electron chi connectivity index (χ1n) is 9.20. The minimum Gasteiger partial charge on any atom is -0.508 e. The molecule has 3 rings (SSSR count). The van der Waals surface area contributed by atoms with Crippen molar-refractivity contribution in [1.82, 2.24) is 9.80 Å². The SMILES string of the molecule is CCCC=O.CN1CC(=O)N(C)C1c1ccc(Cl)cc1.Cc1ccc(O)cc1. The van der Waals surface area contributed by atoms with E-state index in [2.05, 4.69) is 0 Å². The molecule has 1 aliphatic heterocycles. The van der Waals surface area contributed by atoms with Crippen molar-refractivity contribution in [2.45, 2.75) is 32.9 Å². The summed E-state index contributed by atoms with van der Waals surface area (Å²) in [7, 11) is 3.77. The largest absolute Gasteiger partial charge is 0.508 e. The van der Waals surface area contributed by atoms with Gasteiger partial charge in [-0.1, -0.05) is 48.4 Å². The molecule has 0 aliphatic carbocycles. The fourth-order valence-corrected chi connectivity index (χ4v) is 2.75. The number of amides is 1. The highest BCUT2D eigenvalue weighted by atomic mass is 35.5. The van der Waals surface area contributed by atoms with E-state index in [1.807, 2.05) is 69.2 Å². The molecule has 6 heteroatoms. The Morgan fingerprint density at radius 1 is 1.11 bits per heavy atom. The van der Waals surface area contributed by atoms with E-state index in [9.17, 15) is 9.59 Å². The van der Waals surface area contributed by atoms with Gasteiger partial charge in [-0.3, -0.25) is 9.69 Å². The van der Waals surface area contributed by atoms with E-state index in [1.165, 1.54) is 5.56 Å². The van der Waals surface area contributed by atoms with Gasteiger partial charge in [-0.25, -0.2) is 0 Å². The molecule has 28 heavy (non-hydrogen) atoms. The summed E-state index contributed by atoms with van der Waals surface area (Å²) in [5.41, 5.74) is 2.26. The van der Waals surface area contributed by atoms with Crippen LogP contribution in [0.1, 0.15) is 37.1 Å². The predicted octanol–water partition coefficient (Wildman–Crippen LogP) is 4.43. The molecular weight excluding hydrogens is 376 g/mol. The van der Waals surface area contributed by atoms with E-state index >= 15 is 0 Å². The summed E-state index contributed by atoms with van der Waals surface area (Å²) in [6.07, 6.45) is 2.65. The normalized spacial score (nSPS) is 16.0. The average molecular weight is 405 g/mol. The third kappa shape index (κ3) is 7.71. The van der Waals surface area contributed by atoms with Gasteiger partial charge in [-0.15, -0.1) is 0 Å². The lowest BCUT2D eigenvalue weighted by atomic mass is 10.1. The standard InChI is InChI=1S/C11H13ClN2O.C7H8O.C4H8O/c1-13-7-10(15)14(2)11(13)8-3-5-9(12)6-4-8;1-6-2-4-7(8)5-3-6;1-2-3-4-5/h3-6,11H,7H2,1-2H3;2-5,8H,1H3;4H,2-3H2,1H3. The Bertz CT molecular complexity index is 711. The molecule has 1 N–H and O–H groups in total. The first kappa shape index (κ1) is 23.7. The average Bonchev–Trinajstić information content (AvgIpc) is 2.92. The number of nitrogens with zero attached hydrogens (tertiary/aromatic N) is 2. The number of carbonyl (C=O) groups is 2. The van der Waals surface area contributed by atoms with Crippen LogP contribution in [0.3, 0.4) is 0 Å². The topological polar surface area (TPSA) is 60.9 Å². The number of benzene rings is 2. The Kier molecular flexibility index (Phi) is 10.3. The Balaban J connectivity index is 0.000000253. The molecule has 0 bridgehead atoms. The summed E-state index contributed by atoms with van der Waals surface area (Å²) < 4.78 is 0. The van der Waals surface area contributed by atoms with Crippen molar-refractivity contribution in [2.75, 3.05) is 20.6 Å². The number of phenols is 1. The molecule has 0 spiro atoms. The third-order valence-corrected chi connectivity index (χ3v) is 4.42. The molecular formula is C22H29ClN2O3. The Morgan fingerprint density at radius 3 is 2.04 bits per heavy atom. The van der Waals surface area contributed by atoms with E-state index < -0.39 is 0 Å². The number of phenolic OH excluding ortho intramolecular Hbond substituents is 1. The van der Waals surface area contributed by atoms with E-state index in [1.54, 1.807) is 17.0 Å². The zero-order chi connectivity index (χ0) is 21.1. The maximum absolute atomic E-state index is 11.5. The van der Waals surface area contributed by atoms with Crippen molar-refractivity contribution in [3.8, 4) is 5.75 Å². The highest BCUT2D eigenvalue weighted by molar-refractivity contribution is 6.30. The zero-order valence-corrected chi connectivity index (χ0v) is 17.7. The molecule has 152 valence electrons. The Labute approximate surface area is 172 Å². The van der Waals surface area contributed by atoms with Crippen LogP contribution in [0.15, 0.2) is 48.5 Å². The molecule has 0 saturated carbocycles. The molecule has 1 atom stereocenters. The van der Waals surface area contributed by atoms with Gasteiger partial charge in [0.1, 0.15) is 18.2 Å². The summed E-state index contributed by atoms with van der Waals surface area (Å²) >= 11 is 5.83.